The molecular formula is C28H27F3N5O3S2+. The van der Waals surface area contributed by atoms with Gasteiger partial charge in [-0.25, -0.2) is 27.6 Å². The monoisotopic (exact) mass is 602 g/mol. The van der Waals surface area contributed by atoms with Gasteiger partial charge >= 0.3 is 5.97 Å². The standard InChI is InChI=1S/C28H26F3N5O3S2/c29-21-11-17(6-7-24(21)41(32)39)10-20-23(12-16-4-5-16)36(27-33-22(14-40-27)26(37)38)34-25(20)18-2-1-3-19(13-18)35-9-8-28(30,31)15-35/h1-3,6-7,11,13-14,16H,4-5,8-10,12,15H2,(H2,32,39)(H,37,38)/p+1. The molecule has 1 saturated heterocycles. The maximum Gasteiger partial charge on any atom is 0.355 e. The van der Waals surface area contributed by atoms with Crippen LogP contribution in [-0.4, -0.2) is 44.9 Å². The Kier molecular flexibility index (Phi) is 7.20. The van der Waals surface area contributed by atoms with Crippen LogP contribution in [0.25, 0.3) is 16.4 Å². The minimum absolute atomic E-state index is 0.0584. The predicted molar refractivity (Wildman–Crippen MR) is 151 cm³/mol. The van der Waals surface area contributed by atoms with Crippen LogP contribution in [0.1, 0.15) is 46.6 Å². The van der Waals surface area contributed by atoms with Gasteiger partial charge in [0.05, 0.1) is 17.9 Å². The average molecular weight is 603 g/mol. The summed E-state index contributed by atoms with van der Waals surface area (Å²) in [7, 11) is -2.34. The third kappa shape index (κ3) is 5.79. The molecule has 1 atom stereocenters. The van der Waals surface area contributed by atoms with E-state index in [9.17, 15) is 27.3 Å². The lowest BCUT2D eigenvalue weighted by Crippen LogP contribution is -2.24. The number of halogens is 3. The molecule has 13 heteroatoms. The highest BCUT2D eigenvalue weighted by atomic mass is 32.2. The van der Waals surface area contributed by atoms with Crippen molar-refractivity contribution in [3.8, 4) is 16.4 Å². The van der Waals surface area contributed by atoms with Crippen LogP contribution in [0.15, 0.2) is 52.7 Å². The van der Waals surface area contributed by atoms with E-state index in [-0.39, 0.29) is 36.5 Å². The number of alkyl halides is 2. The Morgan fingerprint density at radius 3 is 2.66 bits per heavy atom. The Labute approximate surface area is 240 Å². The van der Waals surface area contributed by atoms with Crippen molar-refractivity contribution in [3.05, 3.63) is 76.2 Å². The Morgan fingerprint density at radius 1 is 1.22 bits per heavy atom. The third-order valence-electron chi connectivity index (χ3n) is 7.45. The minimum Gasteiger partial charge on any atom is -0.476 e. The van der Waals surface area contributed by atoms with Crippen LogP contribution in [0.2, 0.25) is 0 Å². The number of nitrogens with two attached hydrogens (primary N) is 1. The molecule has 3 N–H and O–H groups in total. The number of nitrogens with zero attached hydrogens (tertiary/aromatic N) is 4. The van der Waals surface area contributed by atoms with Gasteiger partial charge in [-0.2, -0.15) is 5.10 Å². The van der Waals surface area contributed by atoms with Gasteiger partial charge in [0.15, 0.2) is 22.5 Å². The number of aromatic nitrogens is 3. The zero-order chi connectivity index (χ0) is 28.9. The lowest BCUT2D eigenvalue weighted by Gasteiger charge is -2.19. The van der Waals surface area contributed by atoms with Crippen LogP contribution in [0, 0.1) is 11.7 Å². The van der Waals surface area contributed by atoms with Crippen LogP contribution < -0.4 is 10.0 Å². The molecule has 6 rings (SSSR count). The Morgan fingerprint density at radius 2 is 2.02 bits per heavy atom. The van der Waals surface area contributed by atoms with Gasteiger partial charge in [-0.05, 0) is 55.0 Å². The molecule has 0 radical (unpaired) electrons. The van der Waals surface area contributed by atoms with E-state index in [0.717, 1.165) is 35.4 Å². The maximum atomic E-state index is 14.8. The topological polar surface area (TPSA) is 114 Å². The van der Waals surface area contributed by atoms with Gasteiger partial charge in [-0.15, -0.1) is 16.5 Å². The number of carboxylic acid groups (broad SMARTS) is 1. The summed E-state index contributed by atoms with van der Waals surface area (Å²) in [5.41, 5.74) is 4.08. The molecule has 1 saturated carbocycles. The van der Waals surface area contributed by atoms with E-state index >= 15 is 0 Å². The molecule has 4 aromatic rings. The lowest BCUT2D eigenvalue weighted by molar-refractivity contribution is 0.0257. The molecule has 0 amide bonds. The van der Waals surface area contributed by atoms with E-state index in [4.69, 9.17) is 10.2 Å². The highest BCUT2D eigenvalue weighted by molar-refractivity contribution is 7.82. The summed E-state index contributed by atoms with van der Waals surface area (Å²) in [6.45, 7) is -0.131. The molecule has 1 aliphatic heterocycles. The molecule has 8 nitrogen and oxygen atoms in total. The van der Waals surface area contributed by atoms with Crippen LogP contribution in [0.4, 0.5) is 18.9 Å². The van der Waals surface area contributed by atoms with E-state index in [1.807, 2.05) is 12.1 Å². The van der Waals surface area contributed by atoms with E-state index in [1.165, 1.54) is 17.5 Å². The lowest BCUT2D eigenvalue weighted by atomic mass is 9.96. The Balaban J connectivity index is 1.49. The van der Waals surface area contributed by atoms with E-state index in [0.29, 0.717) is 40.0 Å². The van der Waals surface area contributed by atoms with E-state index in [1.54, 1.807) is 27.8 Å². The first-order valence-corrected chi connectivity index (χ1v) is 15.3. The number of hydrogen-bond acceptors (Lipinski definition) is 6. The smallest absolute Gasteiger partial charge is 0.355 e. The fraction of sp³-hybridized carbons (Fsp3) is 0.321. The molecule has 3 heterocycles. The molecule has 2 aromatic heterocycles. The predicted octanol–water partition coefficient (Wildman–Crippen LogP) is 5.15. The number of thiol groups is 1. The second kappa shape index (κ2) is 10.7. The fourth-order valence-corrected chi connectivity index (χ4v) is 6.44. The van der Waals surface area contributed by atoms with Crippen molar-refractivity contribution in [1.82, 2.24) is 14.8 Å². The average Bonchev–Trinajstić information content (AvgIpc) is 3.30. The zero-order valence-corrected chi connectivity index (χ0v) is 23.5. The maximum absolute atomic E-state index is 14.8. The van der Waals surface area contributed by atoms with Crippen LogP contribution in [-0.2, 0) is 28.0 Å². The van der Waals surface area contributed by atoms with Gasteiger partial charge in [-0.3, -0.25) is 0 Å². The molecular weight excluding hydrogens is 575 g/mol. The second-order valence-corrected chi connectivity index (χ2v) is 12.5. The van der Waals surface area contributed by atoms with Gasteiger partial charge in [0.25, 0.3) is 5.92 Å². The highest BCUT2D eigenvalue weighted by Gasteiger charge is 2.38. The number of thiazole rings is 1. The van der Waals surface area contributed by atoms with Crippen molar-refractivity contribution in [2.24, 2.45) is 11.1 Å². The number of rotatable bonds is 9. The highest BCUT2D eigenvalue weighted by Crippen LogP contribution is 2.39. The summed E-state index contributed by atoms with van der Waals surface area (Å²) in [5.74, 6) is -4.13. The summed E-state index contributed by atoms with van der Waals surface area (Å²) < 4.78 is 56.1. The summed E-state index contributed by atoms with van der Waals surface area (Å²) in [5, 5.41) is 21.6. The Hall–Kier alpha value is -3.55. The number of hydrogen-bond donors (Lipinski definition) is 2. The molecule has 0 spiro atoms. The fourth-order valence-electron chi connectivity index (χ4n) is 5.18. The molecule has 0 bridgehead atoms. The van der Waals surface area contributed by atoms with Crippen molar-refractivity contribution in [1.29, 1.82) is 0 Å². The number of carbonyl (C=O) groups is 1. The van der Waals surface area contributed by atoms with Crippen LogP contribution in [0.5, 0.6) is 0 Å². The van der Waals surface area contributed by atoms with Gasteiger partial charge in [0, 0.05) is 41.6 Å². The van der Waals surface area contributed by atoms with Crippen molar-refractivity contribution in [2.45, 2.75) is 42.9 Å². The number of anilines is 1. The number of benzene rings is 2. The largest absolute Gasteiger partial charge is 0.476 e. The molecule has 214 valence electrons. The summed E-state index contributed by atoms with van der Waals surface area (Å²) >= 11 is 1.16. The normalized spacial score (nSPS) is 17.2. The second-order valence-electron chi connectivity index (χ2n) is 10.5. The number of carboxylic acids is 1. The van der Waals surface area contributed by atoms with E-state index < -0.39 is 28.7 Å². The molecule has 2 aromatic carbocycles. The van der Waals surface area contributed by atoms with Crippen LogP contribution in [0.3, 0.4) is 0 Å². The molecule has 41 heavy (non-hydrogen) atoms. The minimum atomic E-state index is -2.75. The first-order chi connectivity index (χ1) is 19.6. The van der Waals surface area contributed by atoms with Gasteiger partial charge < -0.3 is 10.0 Å². The third-order valence-corrected chi connectivity index (χ3v) is 9.10. The van der Waals surface area contributed by atoms with Gasteiger partial charge in [0.2, 0.25) is 10.0 Å². The Bertz CT molecular complexity index is 1670. The molecule has 1 aliphatic carbocycles. The quantitative estimate of drug-likeness (QED) is 0.202. The van der Waals surface area contributed by atoms with Crippen molar-refractivity contribution >= 4 is 34.0 Å². The first-order valence-electron chi connectivity index (χ1n) is 13.1. The molecule has 2 fully saturated rings. The van der Waals surface area contributed by atoms with Crippen molar-refractivity contribution < 1.29 is 27.3 Å². The first kappa shape index (κ1) is 27.6. The summed E-state index contributed by atoms with van der Waals surface area (Å²) in [4.78, 5) is 17.4. The summed E-state index contributed by atoms with van der Waals surface area (Å²) in [6, 6.07) is 11.7. The van der Waals surface area contributed by atoms with Crippen molar-refractivity contribution in [3.63, 3.8) is 0 Å². The van der Waals surface area contributed by atoms with Crippen LogP contribution >= 0.6 is 11.3 Å². The SMILES string of the molecule is N[SH+](=O)c1ccc(Cc2c(-c3cccc(N4CCC(F)(F)C4)c3)nn(-c3nc(C(=O)O)cs3)c2CC2CC2)cc1F. The molecule has 1 unspecified atom stereocenters. The summed E-state index contributed by atoms with van der Waals surface area (Å²) in [6.07, 6.45) is 2.82. The zero-order valence-electron chi connectivity index (χ0n) is 21.8. The molecule has 2 aliphatic rings. The number of aromatic carboxylic acids is 1. The van der Waals surface area contributed by atoms with Crippen molar-refractivity contribution in [2.75, 3.05) is 18.0 Å². The van der Waals surface area contributed by atoms with Gasteiger partial charge in [-0.1, -0.05) is 22.4 Å². The van der Waals surface area contributed by atoms with E-state index in [2.05, 4.69) is 4.98 Å². The van der Waals surface area contributed by atoms with Gasteiger partial charge in [0.1, 0.15) is 0 Å².